The fourth-order valence-electron chi connectivity index (χ4n) is 2.83. The summed E-state index contributed by atoms with van der Waals surface area (Å²) in [4.78, 5) is 81.5. The molecule has 2 unspecified atom stereocenters. The van der Waals surface area contributed by atoms with Crippen LogP contribution in [0.1, 0.15) is 11.9 Å². The normalized spacial score (nSPS) is 23.5. The van der Waals surface area contributed by atoms with Gasteiger partial charge in [0.1, 0.15) is 25.9 Å². The minimum atomic E-state index is -5.57. The van der Waals surface area contributed by atoms with Gasteiger partial charge in [-0.15, -0.1) is 0 Å². The van der Waals surface area contributed by atoms with E-state index in [0.717, 1.165) is 12.3 Å². The first kappa shape index (κ1) is 53.9. The van der Waals surface area contributed by atoms with Crippen molar-refractivity contribution in [2.45, 2.75) is 30.7 Å². The topological polar surface area (TPSA) is 300 Å². The molecule has 2 N–H and O–H groups in total. The SMILES string of the molecule is O=c1nc(CP(=O)([O-])[O-])ccn1[C@@H]1O[C@H](COP(=O)([O-])CP(=O)([O-])CP(=O)([O-])[O-])[C@@H](O)[C@H]1O.[Na+].[Na+].[Na+].[Na+].[Na+].[Na+]. The van der Waals surface area contributed by atoms with Crippen LogP contribution in [-0.2, 0) is 33.7 Å². The second-order valence-corrected chi connectivity index (χ2v) is 15.2. The molecule has 39 heavy (non-hydrogen) atoms. The molecule has 2 rings (SSSR count). The van der Waals surface area contributed by atoms with E-state index in [9.17, 15) is 62.6 Å². The zero-order valence-corrected chi connectivity index (χ0v) is 37.8. The molecule has 6 atom stereocenters. The van der Waals surface area contributed by atoms with Crippen LogP contribution in [0.15, 0.2) is 17.1 Å². The Labute approximate surface area is 355 Å². The summed E-state index contributed by atoms with van der Waals surface area (Å²) >= 11 is 0. The number of rotatable bonds is 10. The largest absolute Gasteiger partial charge is 1.00 e. The van der Waals surface area contributed by atoms with E-state index in [1.54, 1.807) is 0 Å². The molecule has 17 nitrogen and oxygen atoms in total. The second-order valence-electron chi connectivity index (χ2n) is 7.04. The number of nitrogens with zero attached hydrogens (tertiary/aromatic N) is 2. The van der Waals surface area contributed by atoms with E-state index < -0.39 is 90.7 Å². The molecule has 1 fully saturated rings. The molecule has 1 aromatic rings. The summed E-state index contributed by atoms with van der Waals surface area (Å²) in [5, 5.41) is 20.1. The Kier molecular flexibility index (Phi) is 30.5. The molecule has 1 saturated heterocycles. The van der Waals surface area contributed by atoms with E-state index in [4.69, 9.17) is 4.74 Å². The van der Waals surface area contributed by atoms with Crippen molar-refractivity contribution in [1.82, 2.24) is 9.55 Å². The summed E-state index contributed by atoms with van der Waals surface area (Å²) in [7, 11) is -21.1. The number of hydrogen-bond donors (Lipinski definition) is 2. The van der Waals surface area contributed by atoms with Gasteiger partial charge >= 0.3 is 183 Å². The van der Waals surface area contributed by atoms with Gasteiger partial charge in [0.2, 0.25) is 0 Å². The van der Waals surface area contributed by atoms with Gasteiger partial charge in [-0.1, -0.05) is 15.2 Å². The molecule has 0 amide bonds. The minimum absolute atomic E-state index is 0. The Balaban J connectivity index is -0.000000642. The predicted octanol–water partition coefficient (Wildman–Crippen LogP) is -23.7. The van der Waals surface area contributed by atoms with E-state index in [0.29, 0.717) is 4.57 Å². The number of aliphatic hydroxyl groups is 2. The first-order valence-corrected chi connectivity index (χ1v) is 15.8. The fraction of sp³-hybridized carbons (Fsp3) is 0.667. The number of hydrogen-bond acceptors (Lipinski definition) is 16. The first-order valence-electron chi connectivity index (χ1n) is 8.64. The third-order valence-corrected chi connectivity index (χ3v) is 11.5. The average molecular weight is 690 g/mol. The molecule has 190 valence electrons. The van der Waals surface area contributed by atoms with Gasteiger partial charge in [-0.05, 0) is 6.07 Å². The van der Waals surface area contributed by atoms with Gasteiger partial charge < -0.3 is 67.1 Å². The zero-order valence-electron chi connectivity index (χ0n) is 22.2. The molecule has 1 aliphatic heterocycles. The molecular formula is C12H16N2Na6O15P4. The quantitative estimate of drug-likeness (QED) is 0.170. The number of aromatic nitrogens is 2. The second kappa shape index (κ2) is 22.1. The molecular weight excluding hydrogens is 674 g/mol. The van der Waals surface area contributed by atoms with Gasteiger partial charge in [-0.2, -0.15) is 4.98 Å². The Morgan fingerprint density at radius 1 is 0.872 bits per heavy atom. The van der Waals surface area contributed by atoms with Crippen LogP contribution < -0.4 is 212 Å². The van der Waals surface area contributed by atoms with Crippen molar-refractivity contribution >= 4 is 30.2 Å². The van der Waals surface area contributed by atoms with Gasteiger partial charge in [-0.25, -0.2) is 4.79 Å². The molecule has 0 aliphatic carbocycles. The zero-order chi connectivity index (χ0) is 25.4. The van der Waals surface area contributed by atoms with Crippen LogP contribution >= 0.6 is 30.2 Å². The van der Waals surface area contributed by atoms with Crippen LogP contribution in [0.2, 0.25) is 0 Å². The van der Waals surface area contributed by atoms with Gasteiger partial charge in [0.15, 0.2) is 6.23 Å². The van der Waals surface area contributed by atoms with Gasteiger partial charge in [-0.3, -0.25) is 4.57 Å². The molecule has 0 bridgehead atoms. The van der Waals surface area contributed by atoms with Crippen molar-refractivity contribution in [2.75, 3.05) is 18.4 Å². The third-order valence-electron chi connectivity index (χ3n) is 4.07. The Morgan fingerprint density at radius 2 is 1.38 bits per heavy atom. The molecule has 2 heterocycles. The maximum absolute atomic E-state index is 12.1. The van der Waals surface area contributed by atoms with E-state index in [2.05, 4.69) is 9.51 Å². The molecule has 1 aliphatic rings. The maximum atomic E-state index is 12.1. The van der Waals surface area contributed by atoms with E-state index in [1.165, 1.54) is 0 Å². The van der Waals surface area contributed by atoms with Crippen LogP contribution in [0.4, 0.5) is 0 Å². The van der Waals surface area contributed by atoms with Gasteiger partial charge in [0.25, 0.3) is 0 Å². The van der Waals surface area contributed by atoms with Crippen molar-refractivity contribution in [3.8, 4) is 0 Å². The predicted molar refractivity (Wildman–Crippen MR) is 94.2 cm³/mol. The van der Waals surface area contributed by atoms with Crippen LogP contribution in [0.25, 0.3) is 0 Å². The fourth-order valence-corrected chi connectivity index (χ4v) is 9.48. The minimum Gasteiger partial charge on any atom is -0.810 e. The molecule has 0 spiro atoms. The van der Waals surface area contributed by atoms with Gasteiger partial charge in [0.05, 0.1) is 18.2 Å². The molecule has 0 saturated carbocycles. The molecule has 0 aromatic carbocycles. The van der Waals surface area contributed by atoms with Crippen molar-refractivity contribution in [3.63, 3.8) is 0 Å². The van der Waals surface area contributed by atoms with E-state index in [1.807, 2.05) is 0 Å². The summed E-state index contributed by atoms with van der Waals surface area (Å²) in [5.41, 5.74) is -1.58. The number of ether oxygens (including phenoxy) is 1. The summed E-state index contributed by atoms with van der Waals surface area (Å²) in [6.07, 6.45) is -7.14. The monoisotopic (exact) mass is 690 g/mol. The third kappa shape index (κ3) is 19.7. The Morgan fingerprint density at radius 3 is 1.82 bits per heavy atom. The van der Waals surface area contributed by atoms with E-state index in [-0.39, 0.29) is 177 Å². The smallest absolute Gasteiger partial charge is 0.810 e. The van der Waals surface area contributed by atoms with Gasteiger partial charge in [0, 0.05) is 25.6 Å². The summed E-state index contributed by atoms with van der Waals surface area (Å²) in [5.74, 6) is -3.74. The van der Waals surface area contributed by atoms with Crippen LogP contribution in [0.5, 0.6) is 0 Å². The van der Waals surface area contributed by atoms with Crippen molar-refractivity contribution in [1.29, 1.82) is 0 Å². The standard InChI is InChI=1S/C12H22N2O15P4.6Na/c15-9-8(3-28-33(26,27)6-30(18,19)5-32(23,24)25)29-11(10(9)16)14-2-1-7(13-12(14)17)4-31(20,21)22;;;;;;/h1-2,8-11,15-16H,3-6H2,(H,18,19)(H,26,27)(H2,20,21,22)(H2,23,24,25);;;;;;/q;6*+1/p-6/t8-,9-,10-,11-;;;;;;/m1....../s1. The maximum Gasteiger partial charge on any atom is 1.00 e. The van der Waals surface area contributed by atoms with Crippen LogP contribution in [-0.4, -0.2) is 56.5 Å². The van der Waals surface area contributed by atoms with Crippen molar-refractivity contribution in [2.24, 2.45) is 0 Å². The Bertz CT molecular complexity index is 1130. The van der Waals surface area contributed by atoms with Crippen molar-refractivity contribution < 1.29 is 244 Å². The number of aliphatic hydroxyl groups excluding tert-OH is 2. The molecule has 27 heteroatoms. The van der Waals surface area contributed by atoms with E-state index >= 15 is 0 Å². The summed E-state index contributed by atoms with van der Waals surface area (Å²) in [6, 6.07) is 0.957. The first-order chi connectivity index (χ1) is 14.8. The summed E-state index contributed by atoms with van der Waals surface area (Å²) < 4.78 is 54.9. The summed E-state index contributed by atoms with van der Waals surface area (Å²) in [6.45, 7) is -1.06. The molecule has 1 aromatic heterocycles. The average Bonchev–Trinajstić information content (AvgIpc) is 2.84. The van der Waals surface area contributed by atoms with Crippen LogP contribution in [0.3, 0.4) is 0 Å². The van der Waals surface area contributed by atoms with Crippen LogP contribution in [0, 0.1) is 0 Å². The molecule has 0 radical (unpaired) electrons. The van der Waals surface area contributed by atoms with Crippen molar-refractivity contribution in [3.05, 3.63) is 28.4 Å². The Hall–Kier alpha value is 5.40.